The molecule has 80 heavy (non-hydrogen) atoms. The molecular formula is C58H64F3N11O7S. The first kappa shape index (κ1) is 57.9. The molecule has 0 unspecified atom stereocenters. The summed E-state index contributed by atoms with van der Waals surface area (Å²) in [7, 11) is 0. The molecule has 18 nitrogen and oxygen atoms in total. The number of β-amino-alcohol motifs (C(OH)–C–C–N with tert-alkyl or cyclic N) is 1. The molecule has 0 spiro atoms. The first-order valence-electron chi connectivity index (χ1n) is 26.3. The Morgan fingerprint density at radius 1 is 0.787 bits per heavy atom. The van der Waals surface area contributed by atoms with Crippen LogP contribution in [0.1, 0.15) is 105 Å². The predicted molar refractivity (Wildman–Crippen MR) is 299 cm³/mol. The summed E-state index contributed by atoms with van der Waals surface area (Å²) in [5.74, 6) is -1.93. The van der Waals surface area contributed by atoms with Crippen molar-refractivity contribution in [1.29, 1.82) is 0 Å². The van der Waals surface area contributed by atoms with Crippen molar-refractivity contribution in [1.82, 2.24) is 40.5 Å². The van der Waals surface area contributed by atoms with E-state index < -0.39 is 53.1 Å². The van der Waals surface area contributed by atoms with E-state index in [0.29, 0.717) is 46.4 Å². The van der Waals surface area contributed by atoms with Gasteiger partial charge in [0.05, 0.1) is 39.5 Å². The summed E-state index contributed by atoms with van der Waals surface area (Å²) in [5.41, 5.74) is 6.11. The maximum atomic E-state index is 14.0. The molecule has 3 aromatic heterocycles. The Labute approximate surface area is 464 Å². The monoisotopic (exact) mass is 1120 g/mol. The van der Waals surface area contributed by atoms with E-state index in [9.17, 15) is 47.0 Å². The van der Waals surface area contributed by atoms with E-state index in [0.717, 1.165) is 52.6 Å². The highest BCUT2D eigenvalue weighted by molar-refractivity contribution is 7.13. The van der Waals surface area contributed by atoms with Crippen LogP contribution in [0.2, 0.25) is 0 Å². The largest absolute Gasteiger partial charge is 0.416 e. The number of halogens is 3. The number of alkyl halides is 3. The highest BCUT2D eigenvalue weighted by Crippen LogP contribution is 2.34. The Hall–Kier alpha value is -8.24. The van der Waals surface area contributed by atoms with Crippen LogP contribution in [0.25, 0.3) is 32.5 Å². The maximum Gasteiger partial charge on any atom is 0.416 e. The number of thiazole rings is 1. The molecule has 0 bridgehead atoms. The number of nitrogens with one attached hydrogen (secondary N) is 6. The number of amides is 6. The minimum Gasteiger partial charge on any atom is -0.391 e. The molecule has 420 valence electrons. The SMILES string of the molecule is Cc1ccc(NC(=O)Cn2cc(-c3ccc4c(NC(=O)c5ccc(NC(=O)CCCCCCCC(=O)N[C@H](C(=O)N6C[C@H](O)C[C@H]6C(=O)NCc6ccc(-c7scnc7C)cc6)C(C)(C)C)cc5)n[nH]c4c3)cn2)cc1C(F)(F)F. The van der Waals surface area contributed by atoms with Crippen LogP contribution in [0.5, 0.6) is 0 Å². The van der Waals surface area contributed by atoms with Gasteiger partial charge >= 0.3 is 6.18 Å². The number of benzene rings is 4. The van der Waals surface area contributed by atoms with Gasteiger partial charge in [0.25, 0.3) is 5.91 Å². The molecule has 0 aliphatic carbocycles. The number of rotatable bonds is 21. The molecule has 3 atom stereocenters. The van der Waals surface area contributed by atoms with E-state index in [1.165, 1.54) is 28.6 Å². The van der Waals surface area contributed by atoms with Crippen LogP contribution < -0.4 is 26.6 Å². The van der Waals surface area contributed by atoms with Crippen molar-refractivity contribution in [2.45, 2.75) is 123 Å². The number of aryl methyl sites for hydroxylation is 2. The summed E-state index contributed by atoms with van der Waals surface area (Å²) >= 11 is 1.56. The van der Waals surface area contributed by atoms with Crippen molar-refractivity contribution < 1.29 is 47.0 Å². The van der Waals surface area contributed by atoms with E-state index in [-0.39, 0.29) is 67.9 Å². The van der Waals surface area contributed by atoms with Crippen LogP contribution in [0, 0.1) is 19.3 Å². The maximum absolute atomic E-state index is 14.0. The number of likely N-dealkylation sites (tertiary alicyclic amines) is 1. The summed E-state index contributed by atoms with van der Waals surface area (Å²) in [5, 5.41) is 36.7. The van der Waals surface area contributed by atoms with Gasteiger partial charge in [-0.1, -0.05) is 76.4 Å². The molecule has 1 aliphatic rings. The third-order valence-electron chi connectivity index (χ3n) is 13.8. The number of unbranched alkanes of at least 4 members (excludes halogenated alkanes) is 4. The molecule has 22 heteroatoms. The zero-order valence-corrected chi connectivity index (χ0v) is 45.8. The fourth-order valence-corrected chi connectivity index (χ4v) is 10.3. The lowest BCUT2D eigenvalue weighted by Crippen LogP contribution is -2.57. The normalized spacial score (nSPS) is 14.9. The van der Waals surface area contributed by atoms with Crippen molar-refractivity contribution in [3.8, 4) is 21.6 Å². The van der Waals surface area contributed by atoms with Crippen LogP contribution in [-0.4, -0.2) is 95.1 Å². The molecule has 8 rings (SSSR count). The number of aromatic nitrogens is 5. The van der Waals surface area contributed by atoms with E-state index in [2.05, 4.69) is 46.9 Å². The zero-order chi connectivity index (χ0) is 57.3. The average molecular weight is 1120 g/mol. The molecule has 4 aromatic carbocycles. The van der Waals surface area contributed by atoms with Crippen molar-refractivity contribution in [2.75, 3.05) is 22.5 Å². The van der Waals surface area contributed by atoms with Crippen LogP contribution in [-0.2, 0) is 43.2 Å². The van der Waals surface area contributed by atoms with Gasteiger partial charge in [0.2, 0.25) is 29.5 Å². The van der Waals surface area contributed by atoms with E-state index in [1.54, 1.807) is 71.7 Å². The van der Waals surface area contributed by atoms with Crippen LogP contribution in [0.4, 0.5) is 30.4 Å². The van der Waals surface area contributed by atoms with Crippen LogP contribution in [0.15, 0.2) is 103 Å². The first-order valence-corrected chi connectivity index (χ1v) is 27.2. The van der Waals surface area contributed by atoms with Crippen molar-refractivity contribution in [3.05, 3.63) is 131 Å². The average Bonchev–Trinajstić information content (AvgIpc) is 4.31. The Balaban J connectivity index is 0.720. The van der Waals surface area contributed by atoms with Gasteiger partial charge in [0, 0.05) is 66.4 Å². The number of aliphatic hydroxyl groups excluding tert-OH is 1. The van der Waals surface area contributed by atoms with E-state index in [4.69, 9.17) is 0 Å². The number of hydrogen-bond acceptors (Lipinski definition) is 11. The number of fused-ring (bicyclic) bond motifs is 1. The topological polar surface area (TPSA) is 245 Å². The number of H-pyrrole nitrogens is 1. The fourth-order valence-electron chi connectivity index (χ4n) is 9.47. The minimum atomic E-state index is -4.55. The van der Waals surface area contributed by atoms with Gasteiger partial charge in [-0.25, -0.2) is 4.98 Å². The summed E-state index contributed by atoms with van der Waals surface area (Å²) in [4.78, 5) is 86.2. The molecule has 6 amide bonds. The second-order valence-corrected chi connectivity index (χ2v) is 22.0. The fraction of sp³-hybridized carbons (Fsp3) is 0.362. The Kier molecular flexibility index (Phi) is 18.3. The molecule has 4 heterocycles. The number of carbonyl (C=O) groups excluding carboxylic acids is 6. The number of aromatic amines is 1. The lowest BCUT2D eigenvalue weighted by Gasteiger charge is -2.35. The zero-order valence-electron chi connectivity index (χ0n) is 45.0. The van der Waals surface area contributed by atoms with Gasteiger partial charge in [0.1, 0.15) is 18.6 Å². The van der Waals surface area contributed by atoms with Crippen LogP contribution in [0.3, 0.4) is 0 Å². The number of anilines is 3. The molecule has 1 saturated heterocycles. The van der Waals surface area contributed by atoms with Gasteiger partial charge in [-0.15, -0.1) is 11.3 Å². The van der Waals surface area contributed by atoms with Gasteiger partial charge in [-0.3, -0.25) is 38.5 Å². The minimum absolute atomic E-state index is 0.0156. The van der Waals surface area contributed by atoms with Gasteiger partial charge < -0.3 is 36.6 Å². The molecule has 7 aromatic rings. The second-order valence-electron chi connectivity index (χ2n) is 21.1. The molecular weight excluding hydrogens is 1050 g/mol. The van der Waals surface area contributed by atoms with Gasteiger partial charge in [-0.2, -0.15) is 23.4 Å². The van der Waals surface area contributed by atoms with Crippen molar-refractivity contribution in [2.24, 2.45) is 5.41 Å². The van der Waals surface area contributed by atoms with Gasteiger partial charge in [-0.05, 0) is 103 Å². The number of carbonyl (C=O) groups is 6. The lowest BCUT2D eigenvalue weighted by molar-refractivity contribution is -0.144. The molecule has 7 N–H and O–H groups in total. The highest BCUT2D eigenvalue weighted by atomic mass is 32.1. The van der Waals surface area contributed by atoms with E-state index in [1.807, 2.05) is 52.0 Å². The third-order valence-corrected chi connectivity index (χ3v) is 14.8. The third kappa shape index (κ3) is 14.9. The molecule has 1 aliphatic heterocycles. The summed E-state index contributed by atoms with van der Waals surface area (Å²) in [6.45, 7) is 8.84. The standard InChI is InChI=1S/C58H64F3N11O7S/c1-34-13-21-42(26-45(34)58(59,60)61)66-50(76)32-71-30-40(29-64-71)39-20-24-44-46(25-39)69-70-53(44)68-54(77)38-18-22-41(23-19-38)65-48(74)11-9-7-6-8-10-12-49(75)67-52(57(3,4)5)56(79)72-31-43(73)27-47(72)55(78)62-28-36-14-16-37(17-15-36)51-35(2)63-33-80-51/h13-26,29-30,33,43,47,52,73H,6-12,27-28,31-32H2,1-5H3,(H,62,78)(H,65,74)(H,66,76)(H,67,75)(H2,68,69,70,77)/t43-,47+,52-/m1/s1. The summed E-state index contributed by atoms with van der Waals surface area (Å²) < 4.78 is 41.4. The van der Waals surface area contributed by atoms with E-state index >= 15 is 0 Å². The quantitative estimate of drug-likeness (QED) is 0.0336. The smallest absolute Gasteiger partial charge is 0.391 e. The van der Waals surface area contributed by atoms with Crippen molar-refractivity contribution in [3.63, 3.8) is 0 Å². The summed E-state index contributed by atoms with van der Waals surface area (Å²) in [6.07, 6.45) is 1.84. The lowest BCUT2D eigenvalue weighted by atomic mass is 9.85. The van der Waals surface area contributed by atoms with Crippen molar-refractivity contribution >= 4 is 74.9 Å². The number of aliphatic hydroxyl groups is 1. The Morgan fingerprint density at radius 2 is 1.46 bits per heavy atom. The highest BCUT2D eigenvalue weighted by Gasteiger charge is 2.44. The van der Waals surface area contributed by atoms with Gasteiger partial charge in [0.15, 0.2) is 5.82 Å². The second kappa shape index (κ2) is 25.3. The molecule has 0 radical (unpaired) electrons. The first-order chi connectivity index (χ1) is 38.1. The number of nitrogens with zero attached hydrogens (tertiary/aromatic N) is 5. The predicted octanol–water partition coefficient (Wildman–Crippen LogP) is 9.55. The molecule has 1 fully saturated rings. The Morgan fingerprint density at radius 3 is 2.15 bits per heavy atom. The van der Waals surface area contributed by atoms with Crippen LogP contribution >= 0.6 is 11.3 Å². The molecule has 0 saturated carbocycles. The Bertz CT molecular complexity index is 3370. The number of hydrogen-bond donors (Lipinski definition) is 7. The summed E-state index contributed by atoms with van der Waals surface area (Å²) in [6, 6.07) is 21.5.